The molecule has 0 radical (unpaired) electrons. The van der Waals surface area contributed by atoms with E-state index in [4.69, 9.17) is 25.4 Å². The molecule has 10 N–H and O–H groups in total. The van der Waals surface area contributed by atoms with Gasteiger partial charge >= 0.3 is 5.97 Å². The largest absolute Gasteiger partial charge is 0.508 e. The monoisotopic (exact) mass is 791 g/mol. The number of nitrogens with one attached hydrogen (secondary N) is 3. The first-order valence-corrected chi connectivity index (χ1v) is 20.2. The quantitative estimate of drug-likeness (QED) is 0.119. The first-order valence-electron chi connectivity index (χ1n) is 20.2. The summed E-state index contributed by atoms with van der Waals surface area (Å²) in [5.41, 5.74) is 17.8. The van der Waals surface area contributed by atoms with Crippen LogP contribution in [0.4, 0.5) is 0 Å². The van der Waals surface area contributed by atoms with Crippen LogP contribution in [-0.4, -0.2) is 59.3 Å². The van der Waals surface area contributed by atoms with Gasteiger partial charge in [-0.1, -0.05) is 24.3 Å². The Bertz CT molecular complexity index is 2380. The fourth-order valence-electron chi connectivity index (χ4n) is 9.76. The highest BCUT2D eigenvalue weighted by Crippen LogP contribution is 2.56. The van der Waals surface area contributed by atoms with E-state index >= 15 is 0 Å². The molecule has 2 aromatic carbocycles. The zero-order valence-corrected chi connectivity index (χ0v) is 33.2. The molecule has 1 unspecified atom stereocenters. The SMILES string of the molecule is C/C=C(/CCNC)C(=O)O[C@@H]1Cc2c3c(c4oc(CO)cc(=O)c4c2O)[C@H]2Cc4cc(O)ccc4CC[C@H](C[C@H](CC4=CNC(N)C=C4)[C@]1(C)O3)C1=C(N)NCC=C12. The van der Waals surface area contributed by atoms with Crippen LogP contribution < -0.4 is 37.6 Å². The van der Waals surface area contributed by atoms with Crippen molar-refractivity contribution < 1.29 is 34.0 Å². The molecule has 0 saturated heterocycles. The molecule has 5 aliphatic rings. The number of hydrogen-bond donors (Lipinski definition) is 8. The molecule has 8 rings (SSSR count). The number of rotatable bonds is 8. The highest BCUT2D eigenvalue weighted by Gasteiger charge is 2.53. The van der Waals surface area contributed by atoms with E-state index in [-0.39, 0.29) is 52.7 Å². The normalized spacial score (nSPS) is 26.4. The molecule has 3 aromatic rings. The first kappa shape index (κ1) is 39.3. The first-order chi connectivity index (χ1) is 27.9. The Morgan fingerprint density at radius 2 is 2.02 bits per heavy atom. The third-order valence-electron chi connectivity index (χ3n) is 12.9. The smallest absolute Gasteiger partial charge is 0.334 e. The average molecular weight is 792 g/mol. The number of benzene rings is 2. The third-order valence-corrected chi connectivity index (χ3v) is 12.9. The van der Waals surface area contributed by atoms with Gasteiger partial charge in [-0.2, -0.15) is 0 Å². The summed E-state index contributed by atoms with van der Waals surface area (Å²) >= 11 is 0. The van der Waals surface area contributed by atoms with Gasteiger partial charge in [-0.25, -0.2) is 4.79 Å². The van der Waals surface area contributed by atoms with Crippen LogP contribution in [0.1, 0.15) is 73.5 Å². The Labute approximate surface area is 337 Å². The summed E-state index contributed by atoms with van der Waals surface area (Å²) < 4.78 is 20.4. The number of fused-ring (bicyclic) bond motifs is 5. The van der Waals surface area contributed by atoms with Gasteiger partial charge in [0.2, 0.25) is 0 Å². The van der Waals surface area contributed by atoms with Gasteiger partial charge in [0.1, 0.15) is 58.1 Å². The number of dihydropyridines is 2. The molecule has 1 aliphatic carbocycles. The lowest BCUT2D eigenvalue weighted by Gasteiger charge is -2.49. The van der Waals surface area contributed by atoms with Crippen molar-refractivity contribution in [2.24, 2.45) is 23.3 Å². The zero-order chi connectivity index (χ0) is 40.9. The molecule has 1 aromatic heterocycles. The van der Waals surface area contributed by atoms with Crippen LogP contribution in [0, 0.1) is 11.8 Å². The Morgan fingerprint density at radius 1 is 1.19 bits per heavy atom. The van der Waals surface area contributed by atoms with E-state index in [1.807, 2.05) is 45.3 Å². The van der Waals surface area contributed by atoms with Crippen LogP contribution >= 0.6 is 0 Å². The van der Waals surface area contributed by atoms with Crippen LogP contribution in [0.5, 0.6) is 17.2 Å². The second kappa shape index (κ2) is 15.7. The topological polar surface area (TPSA) is 215 Å². The van der Waals surface area contributed by atoms with Crippen molar-refractivity contribution in [3.8, 4) is 17.2 Å². The van der Waals surface area contributed by atoms with Gasteiger partial charge in [0.05, 0.1) is 6.17 Å². The lowest BCUT2D eigenvalue weighted by atomic mass is 9.67. The Balaban J connectivity index is 1.45. The summed E-state index contributed by atoms with van der Waals surface area (Å²) in [5, 5.41) is 43.1. The van der Waals surface area contributed by atoms with Crippen molar-refractivity contribution in [1.29, 1.82) is 0 Å². The van der Waals surface area contributed by atoms with Crippen LogP contribution in [-0.2, 0) is 35.4 Å². The number of ether oxygens (including phenoxy) is 2. The summed E-state index contributed by atoms with van der Waals surface area (Å²) in [5.74, 6) is -0.750. The van der Waals surface area contributed by atoms with Crippen LogP contribution in [0.2, 0.25) is 0 Å². The van der Waals surface area contributed by atoms with Crippen molar-refractivity contribution in [2.75, 3.05) is 20.1 Å². The molecule has 306 valence electrons. The second-order valence-corrected chi connectivity index (χ2v) is 16.3. The lowest BCUT2D eigenvalue weighted by molar-refractivity contribution is -0.165. The number of carbonyl (C=O) groups is 1. The number of aliphatic hydroxyl groups excluding tert-OH is 1. The van der Waals surface area contributed by atoms with Gasteiger partial charge in [0, 0.05) is 53.8 Å². The van der Waals surface area contributed by atoms with Gasteiger partial charge in [-0.05, 0) is 118 Å². The number of esters is 1. The molecule has 6 atom stereocenters. The summed E-state index contributed by atoms with van der Waals surface area (Å²) in [4.78, 5) is 28.2. The predicted octanol–water partition coefficient (Wildman–Crippen LogP) is 4.18. The van der Waals surface area contributed by atoms with Gasteiger partial charge < -0.3 is 56.6 Å². The van der Waals surface area contributed by atoms with Crippen molar-refractivity contribution in [3.63, 3.8) is 0 Å². The standard InChI is InChI=1S/C45H53N5O8/c1-4-24(11-13-48-3)44(55)57-35-20-33-40(54)39-34(53)19-30(22-51)56-42(39)38-32-18-27-17-29(52)9-8-25(27)6-7-26(37-31(32)12-14-49-43(37)47)16-28(45(35,2)58-41(33)38)15-23-5-10-36(46)50-21-23/h4-5,8-10,12,17,19,21,26,28,32,35-36,48-52,54H,6-7,11,13-16,18,20,22,46-47H2,1-3H3/b24-4-/t26-,28+,32+,35-,36?,45+/m1/s1. The number of hydrogen-bond acceptors (Lipinski definition) is 13. The number of phenols is 2. The molecule has 4 bridgehead atoms. The molecule has 58 heavy (non-hydrogen) atoms. The van der Waals surface area contributed by atoms with E-state index in [2.05, 4.69) is 22.0 Å². The van der Waals surface area contributed by atoms with Crippen LogP contribution in [0.25, 0.3) is 11.0 Å². The number of nitrogens with two attached hydrogens (primary N) is 2. The molecule has 0 fully saturated rings. The van der Waals surface area contributed by atoms with E-state index in [1.165, 1.54) is 6.07 Å². The highest BCUT2D eigenvalue weighted by molar-refractivity contribution is 5.92. The third kappa shape index (κ3) is 6.94. The molecule has 0 amide bonds. The Morgan fingerprint density at radius 3 is 2.76 bits per heavy atom. The molecular formula is C45H53N5O8. The molecule has 13 nitrogen and oxygen atoms in total. The van der Waals surface area contributed by atoms with E-state index in [9.17, 15) is 24.9 Å². The Hall–Kier alpha value is -5.50. The molecule has 4 aliphatic heterocycles. The Kier molecular flexibility index (Phi) is 10.6. The van der Waals surface area contributed by atoms with E-state index < -0.39 is 35.6 Å². The average Bonchev–Trinajstić information content (AvgIpc) is 3.26. The van der Waals surface area contributed by atoms with Crippen LogP contribution in [0.3, 0.4) is 0 Å². The van der Waals surface area contributed by atoms with Crippen molar-refractivity contribution >= 4 is 16.9 Å². The molecular weight excluding hydrogens is 739 g/mol. The van der Waals surface area contributed by atoms with Crippen molar-refractivity contribution in [1.82, 2.24) is 16.0 Å². The summed E-state index contributed by atoms with van der Waals surface area (Å²) in [6, 6.07) is 6.65. The maximum atomic E-state index is 14.1. The number of carbonyl (C=O) groups excluding carboxylic acids is 1. The maximum absolute atomic E-state index is 14.1. The molecule has 0 spiro atoms. The minimum absolute atomic E-state index is 0.0317. The van der Waals surface area contributed by atoms with Crippen molar-refractivity contribution in [2.45, 2.75) is 89.2 Å². The fourth-order valence-corrected chi connectivity index (χ4v) is 9.76. The van der Waals surface area contributed by atoms with E-state index in [0.717, 1.165) is 27.8 Å². The lowest BCUT2D eigenvalue weighted by Crippen LogP contribution is -2.57. The second-order valence-electron chi connectivity index (χ2n) is 16.3. The van der Waals surface area contributed by atoms with Gasteiger partial charge in [-0.3, -0.25) is 4.79 Å². The summed E-state index contributed by atoms with van der Waals surface area (Å²) in [6.07, 6.45) is 11.8. The van der Waals surface area contributed by atoms with E-state index in [0.29, 0.717) is 79.9 Å². The van der Waals surface area contributed by atoms with Gasteiger partial charge in [-0.15, -0.1) is 0 Å². The number of allylic oxidation sites excluding steroid dienone is 5. The number of aryl methyl sites for hydroxylation is 1. The van der Waals surface area contributed by atoms with E-state index in [1.54, 1.807) is 18.2 Å². The summed E-state index contributed by atoms with van der Waals surface area (Å²) in [6.45, 7) is 4.26. The molecule has 13 heteroatoms. The molecule has 0 saturated carbocycles. The minimum Gasteiger partial charge on any atom is -0.508 e. The molecule has 5 heterocycles. The van der Waals surface area contributed by atoms with Crippen molar-refractivity contribution in [3.05, 3.63) is 121 Å². The fraction of sp³-hybridized carbons (Fsp3) is 0.422. The number of aliphatic hydroxyl groups is 1. The highest BCUT2D eigenvalue weighted by atomic mass is 16.6. The maximum Gasteiger partial charge on any atom is 0.334 e. The summed E-state index contributed by atoms with van der Waals surface area (Å²) in [7, 11) is 1.82. The number of phenolic OH excluding ortho intramolecular Hbond substituents is 2. The van der Waals surface area contributed by atoms with Gasteiger partial charge in [0.15, 0.2) is 5.43 Å². The number of aromatic hydroxyl groups is 2. The van der Waals surface area contributed by atoms with Crippen LogP contribution in [0.15, 0.2) is 92.1 Å². The predicted molar refractivity (Wildman–Crippen MR) is 220 cm³/mol. The van der Waals surface area contributed by atoms with Gasteiger partial charge in [0.25, 0.3) is 0 Å². The zero-order valence-electron chi connectivity index (χ0n) is 33.2. The minimum atomic E-state index is -1.21.